The zero-order valence-electron chi connectivity index (χ0n) is 13.3. The van der Waals surface area contributed by atoms with Crippen molar-refractivity contribution in [2.24, 2.45) is 0 Å². The number of hydrogen-bond acceptors (Lipinski definition) is 4. The van der Waals surface area contributed by atoms with Gasteiger partial charge in [-0.3, -0.25) is 4.79 Å². The molecule has 1 amide bonds. The number of carbonyl (C=O) groups excluding carboxylic acids is 1. The lowest BCUT2D eigenvalue weighted by molar-refractivity contribution is -0.121. The predicted molar refractivity (Wildman–Crippen MR) is 87.1 cm³/mol. The summed E-state index contributed by atoms with van der Waals surface area (Å²) in [5.74, 6) is 0.0410. The van der Waals surface area contributed by atoms with Crippen LogP contribution in [0.1, 0.15) is 56.2 Å². The third-order valence-electron chi connectivity index (χ3n) is 4.27. The lowest BCUT2D eigenvalue weighted by atomic mass is 10.1. The van der Waals surface area contributed by atoms with E-state index in [-0.39, 0.29) is 5.91 Å². The van der Waals surface area contributed by atoms with Crippen molar-refractivity contribution in [3.05, 3.63) is 16.5 Å². The highest BCUT2D eigenvalue weighted by molar-refractivity contribution is 6.29. The number of nitrogens with zero attached hydrogens (tertiary/aromatic N) is 1. The minimum absolute atomic E-state index is 0.0410. The average Bonchev–Trinajstić information content (AvgIpc) is 2.71. The van der Waals surface area contributed by atoms with Crippen molar-refractivity contribution in [2.75, 3.05) is 13.1 Å². The average molecular weight is 328 g/mol. The molecule has 22 heavy (non-hydrogen) atoms. The van der Waals surface area contributed by atoms with Crippen LogP contribution in [0.25, 0.3) is 0 Å². The molecule has 0 spiro atoms. The van der Waals surface area contributed by atoms with E-state index in [1.165, 1.54) is 38.5 Å². The fraction of sp³-hybridized carbons (Fsp3) is 0.750. The van der Waals surface area contributed by atoms with Crippen LogP contribution in [-0.4, -0.2) is 30.2 Å². The van der Waals surface area contributed by atoms with Gasteiger partial charge in [-0.2, -0.15) is 0 Å². The molecular formula is C16H26ClN3O2. The summed E-state index contributed by atoms with van der Waals surface area (Å²) >= 11 is 5.88. The van der Waals surface area contributed by atoms with Crippen LogP contribution in [0.4, 0.5) is 0 Å². The SMILES string of the molecule is Cc1noc(Cl)c1CCC(=O)NCCNC1CCCCCC1. The molecule has 0 aliphatic heterocycles. The normalized spacial score (nSPS) is 16.5. The van der Waals surface area contributed by atoms with Crippen LogP contribution in [-0.2, 0) is 11.2 Å². The molecule has 1 heterocycles. The quantitative estimate of drug-likeness (QED) is 0.597. The zero-order valence-corrected chi connectivity index (χ0v) is 14.0. The Morgan fingerprint density at radius 1 is 1.27 bits per heavy atom. The van der Waals surface area contributed by atoms with E-state index < -0.39 is 0 Å². The first-order valence-corrected chi connectivity index (χ1v) is 8.65. The standard InChI is InChI=1S/C16H26ClN3O2/c1-12-14(16(17)22-20-12)8-9-15(21)19-11-10-18-13-6-4-2-3-5-7-13/h13,18H,2-11H2,1H3,(H,19,21). The van der Waals surface area contributed by atoms with Gasteiger partial charge in [-0.25, -0.2) is 0 Å². The minimum atomic E-state index is 0.0410. The molecule has 1 aliphatic carbocycles. The molecule has 124 valence electrons. The van der Waals surface area contributed by atoms with Gasteiger partial charge in [-0.1, -0.05) is 30.8 Å². The van der Waals surface area contributed by atoms with Crippen molar-refractivity contribution >= 4 is 17.5 Å². The van der Waals surface area contributed by atoms with Gasteiger partial charge >= 0.3 is 0 Å². The minimum Gasteiger partial charge on any atom is -0.355 e. The molecule has 1 aliphatic rings. The molecular weight excluding hydrogens is 302 g/mol. The van der Waals surface area contributed by atoms with E-state index in [0.717, 1.165) is 17.8 Å². The first-order chi connectivity index (χ1) is 10.7. The summed E-state index contributed by atoms with van der Waals surface area (Å²) in [6.07, 6.45) is 8.87. The Balaban J connectivity index is 1.57. The molecule has 0 radical (unpaired) electrons. The molecule has 1 aromatic rings. The first kappa shape index (κ1) is 17.3. The molecule has 6 heteroatoms. The van der Waals surface area contributed by atoms with Crippen LogP contribution >= 0.6 is 11.6 Å². The summed E-state index contributed by atoms with van der Waals surface area (Å²) in [6, 6.07) is 0.623. The Labute approximate surface area is 137 Å². The van der Waals surface area contributed by atoms with Crippen molar-refractivity contribution < 1.29 is 9.32 Å². The highest BCUT2D eigenvalue weighted by Gasteiger charge is 2.13. The molecule has 0 unspecified atom stereocenters. The van der Waals surface area contributed by atoms with Gasteiger partial charge in [0.2, 0.25) is 11.1 Å². The van der Waals surface area contributed by atoms with Crippen LogP contribution < -0.4 is 10.6 Å². The van der Waals surface area contributed by atoms with Crippen LogP contribution in [0.15, 0.2) is 4.52 Å². The van der Waals surface area contributed by atoms with E-state index in [1.807, 2.05) is 6.92 Å². The molecule has 5 nitrogen and oxygen atoms in total. The fourth-order valence-electron chi connectivity index (χ4n) is 2.93. The summed E-state index contributed by atoms with van der Waals surface area (Å²) in [6.45, 7) is 3.34. The Morgan fingerprint density at radius 3 is 2.64 bits per heavy atom. The van der Waals surface area contributed by atoms with Gasteiger partial charge in [-0.15, -0.1) is 0 Å². The maximum absolute atomic E-state index is 11.8. The van der Waals surface area contributed by atoms with E-state index in [4.69, 9.17) is 16.1 Å². The van der Waals surface area contributed by atoms with E-state index in [0.29, 0.717) is 30.6 Å². The first-order valence-electron chi connectivity index (χ1n) is 8.27. The highest BCUT2D eigenvalue weighted by Crippen LogP contribution is 2.20. The molecule has 2 N–H and O–H groups in total. The van der Waals surface area contributed by atoms with Gasteiger partial charge in [0.15, 0.2) is 0 Å². The number of halogens is 1. The number of rotatable bonds is 7. The Morgan fingerprint density at radius 2 is 2.00 bits per heavy atom. The second-order valence-corrected chi connectivity index (χ2v) is 6.36. The molecule has 2 rings (SSSR count). The summed E-state index contributed by atoms with van der Waals surface area (Å²) in [5.41, 5.74) is 1.58. The Bertz CT molecular complexity index is 448. The number of hydrogen-bond donors (Lipinski definition) is 2. The Kier molecular flexibility index (Phi) is 7.19. The number of carbonyl (C=O) groups is 1. The zero-order chi connectivity index (χ0) is 15.8. The van der Waals surface area contributed by atoms with E-state index >= 15 is 0 Å². The molecule has 1 saturated carbocycles. The molecule has 0 saturated heterocycles. The number of aromatic nitrogens is 1. The second kappa shape index (κ2) is 9.16. The summed E-state index contributed by atoms with van der Waals surface area (Å²) in [4.78, 5) is 11.8. The number of nitrogens with one attached hydrogen (secondary N) is 2. The predicted octanol–water partition coefficient (Wildman–Crippen LogP) is 3.00. The maximum Gasteiger partial charge on any atom is 0.229 e. The van der Waals surface area contributed by atoms with Gasteiger partial charge in [0, 0.05) is 31.1 Å². The van der Waals surface area contributed by atoms with Crippen molar-refractivity contribution in [3.8, 4) is 0 Å². The van der Waals surface area contributed by atoms with E-state index in [2.05, 4.69) is 15.8 Å². The number of aryl methyl sites for hydroxylation is 1. The molecule has 0 bridgehead atoms. The lowest BCUT2D eigenvalue weighted by Gasteiger charge is -2.16. The topological polar surface area (TPSA) is 67.2 Å². The third-order valence-corrected chi connectivity index (χ3v) is 4.57. The molecule has 0 aromatic carbocycles. The van der Waals surface area contributed by atoms with Crippen LogP contribution in [0.3, 0.4) is 0 Å². The van der Waals surface area contributed by atoms with Crippen molar-refractivity contribution in [1.29, 1.82) is 0 Å². The van der Waals surface area contributed by atoms with Gasteiger partial charge in [0.1, 0.15) is 0 Å². The summed E-state index contributed by atoms with van der Waals surface area (Å²) < 4.78 is 4.88. The van der Waals surface area contributed by atoms with Crippen molar-refractivity contribution in [2.45, 2.75) is 64.3 Å². The van der Waals surface area contributed by atoms with Gasteiger partial charge in [0.05, 0.1) is 5.69 Å². The van der Waals surface area contributed by atoms with E-state index in [9.17, 15) is 4.79 Å². The highest BCUT2D eigenvalue weighted by atomic mass is 35.5. The van der Waals surface area contributed by atoms with Gasteiger partial charge in [-0.05, 0) is 37.8 Å². The largest absolute Gasteiger partial charge is 0.355 e. The molecule has 1 fully saturated rings. The summed E-state index contributed by atoms with van der Waals surface area (Å²) in [5, 5.41) is 10.6. The third kappa shape index (κ3) is 5.61. The van der Waals surface area contributed by atoms with Crippen LogP contribution in [0.5, 0.6) is 0 Å². The maximum atomic E-state index is 11.8. The van der Waals surface area contributed by atoms with E-state index in [1.54, 1.807) is 0 Å². The second-order valence-electron chi connectivity index (χ2n) is 6.01. The monoisotopic (exact) mass is 327 g/mol. The van der Waals surface area contributed by atoms with Crippen molar-refractivity contribution in [1.82, 2.24) is 15.8 Å². The van der Waals surface area contributed by atoms with Gasteiger partial charge < -0.3 is 15.2 Å². The van der Waals surface area contributed by atoms with Crippen LogP contribution in [0, 0.1) is 6.92 Å². The lowest BCUT2D eigenvalue weighted by Crippen LogP contribution is -2.36. The smallest absolute Gasteiger partial charge is 0.229 e. The van der Waals surface area contributed by atoms with Crippen LogP contribution in [0.2, 0.25) is 5.22 Å². The Hall–Kier alpha value is -1.07. The summed E-state index contributed by atoms with van der Waals surface area (Å²) in [7, 11) is 0. The fourth-order valence-corrected chi connectivity index (χ4v) is 3.19. The molecule has 0 atom stereocenters. The number of amides is 1. The van der Waals surface area contributed by atoms with Gasteiger partial charge in [0.25, 0.3) is 0 Å². The van der Waals surface area contributed by atoms with Crippen molar-refractivity contribution in [3.63, 3.8) is 0 Å². The molecule has 1 aromatic heterocycles.